The Morgan fingerprint density at radius 2 is 1.89 bits per heavy atom. The number of aromatic nitrogens is 4. The van der Waals surface area contributed by atoms with Crippen molar-refractivity contribution in [3.05, 3.63) is 65.5 Å². The van der Waals surface area contributed by atoms with Crippen LogP contribution in [-0.2, 0) is 10.2 Å². The molecule has 0 amide bonds. The fraction of sp³-hybridized carbons (Fsp3) is 0.381. The zero-order chi connectivity index (χ0) is 19.6. The second-order valence-corrected chi connectivity index (χ2v) is 7.35. The third kappa shape index (κ3) is 3.75. The van der Waals surface area contributed by atoms with Gasteiger partial charge in [0.1, 0.15) is 11.6 Å². The van der Waals surface area contributed by atoms with Gasteiger partial charge in [-0.1, -0.05) is 12.1 Å². The third-order valence-electron chi connectivity index (χ3n) is 5.36. The van der Waals surface area contributed by atoms with Gasteiger partial charge in [0.15, 0.2) is 5.82 Å². The van der Waals surface area contributed by atoms with Gasteiger partial charge in [-0.15, -0.1) is 0 Å². The Morgan fingerprint density at radius 1 is 1.14 bits per heavy atom. The number of hydrogen-bond acceptors (Lipinski definition) is 5. The SMILES string of the molecule is Cc1cc(C)n(-c2cncc(NCC3(c4ccc(F)cc4)CCOCC3)n2)n1. The molecular formula is C21H24FN5O. The van der Waals surface area contributed by atoms with Gasteiger partial charge in [0.05, 0.1) is 18.1 Å². The van der Waals surface area contributed by atoms with Crippen LogP contribution in [0.2, 0.25) is 0 Å². The van der Waals surface area contributed by atoms with Crippen molar-refractivity contribution < 1.29 is 9.13 Å². The minimum Gasteiger partial charge on any atom is -0.381 e. The number of aryl methyl sites for hydroxylation is 2. The summed E-state index contributed by atoms with van der Waals surface area (Å²) in [6, 6.07) is 8.81. The summed E-state index contributed by atoms with van der Waals surface area (Å²) in [6.07, 6.45) is 5.16. The number of halogens is 1. The number of ether oxygens (including phenoxy) is 1. The highest BCUT2D eigenvalue weighted by Gasteiger charge is 2.34. The highest BCUT2D eigenvalue weighted by Crippen LogP contribution is 2.35. The summed E-state index contributed by atoms with van der Waals surface area (Å²) in [4.78, 5) is 9.00. The molecule has 0 saturated carbocycles. The molecule has 4 rings (SSSR count). The van der Waals surface area contributed by atoms with Crippen molar-refractivity contribution in [2.24, 2.45) is 0 Å². The van der Waals surface area contributed by atoms with E-state index in [9.17, 15) is 4.39 Å². The van der Waals surface area contributed by atoms with Gasteiger partial charge in [-0.25, -0.2) is 14.1 Å². The van der Waals surface area contributed by atoms with E-state index in [2.05, 4.69) is 20.4 Å². The molecule has 146 valence electrons. The molecule has 3 heterocycles. The van der Waals surface area contributed by atoms with Crippen molar-refractivity contribution in [2.75, 3.05) is 25.1 Å². The molecule has 1 aliphatic rings. The van der Waals surface area contributed by atoms with Crippen LogP contribution >= 0.6 is 0 Å². The van der Waals surface area contributed by atoms with Gasteiger partial charge in [0, 0.05) is 30.9 Å². The lowest BCUT2D eigenvalue weighted by Gasteiger charge is -2.38. The molecule has 3 aromatic rings. The van der Waals surface area contributed by atoms with Crippen LogP contribution in [0.3, 0.4) is 0 Å². The quantitative estimate of drug-likeness (QED) is 0.732. The molecule has 6 nitrogen and oxygen atoms in total. The van der Waals surface area contributed by atoms with Crippen molar-refractivity contribution in [2.45, 2.75) is 32.1 Å². The summed E-state index contributed by atoms with van der Waals surface area (Å²) in [5, 5.41) is 7.92. The molecule has 0 spiro atoms. The number of anilines is 1. The molecule has 1 saturated heterocycles. The van der Waals surface area contributed by atoms with Crippen molar-refractivity contribution in [1.82, 2.24) is 19.7 Å². The summed E-state index contributed by atoms with van der Waals surface area (Å²) in [5.74, 6) is 1.15. The number of nitrogens with one attached hydrogen (secondary N) is 1. The van der Waals surface area contributed by atoms with Gasteiger partial charge in [-0.05, 0) is 50.5 Å². The Morgan fingerprint density at radius 3 is 2.57 bits per heavy atom. The van der Waals surface area contributed by atoms with Crippen molar-refractivity contribution in [3.8, 4) is 5.82 Å². The second-order valence-electron chi connectivity index (χ2n) is 7.35. The normalized spacial score (nSPS) is 16.1. The van der Waals surface area contributed by atoms with E-state index in [0.29, 0.717) is 31.4 Å². The minimum atomic E-state index is -0.220. The van der Waals surface area contributed by atoms with Crippen LogP contribution in [0.25, 0.3) is 5.82 Å². The van der Waals surface area contributed by atoms with E-state index in [4.69, 9.17) is 4.74 Å². The Balaban J connectivity index is 1.57. The highest BCUT2D eigenvalue weighted by molar-refractivity contribution is 5.39. The first kappa shape index (κ1) is 18.6. The van der Waals surface area contributed by atoms with E-state index in [1.165, 1.54) is 12.1 Å². The topological polar surface area (TPSA) is 64.9 Å². The molecule has 0 unspecified atom stereocenters. The summed E-state index contributed by atoms with van der Waals surface area (Å²) in [6.45, 7) is 6.01. The monoisotopic (exact) mass is 381 g/mol. The van der Waals surface area contributed by atoms with Crippen LogP contribution in [0.15, 0.2) is 42.7 Å². The first-order chi connectivity index (χ1) is 13.6. The third-order valence-corrected chi connectivity index (χ3v) is 5.36. The van der Waals surface area contributed by atoms with Crippen LogP contribution in [-0.4, -0.2) is 39.5 Å². The van der Waals surface area contributed by atoms with E-state index in [1.807, 2.05) is 32.0 Å². The van der Waals surface area contributed by atoms with E-state index >= 15 is 0 Å². The van der Waals surface area contributed by atoms with Gasteiger partial charge in [0.25, 0.3) is 0 Å². The second kappa shape index (κ2) is 7.67. The molecule has 0 atom stereocenters. The lowest BCUT2D eigenvalue weighted by molar-refractivity contribution is 0.0543. The number of benzene rings is 1. The fourth-order valence-electron chi connectivity index (χ4n) is 3.80. The smallest absolute Gasteiger partial charge is 0.174 e. The average Bonchev–Trinajstić information content (AvgIpc) is 3.06. The van der Waals surface area contributed by atoms with Crippen LogP contribution in [0.5, 0.6) is 0 Å². The molecule has 2 aromatic heterocycles. The first-order valence-corrected chi connectivity index (χ1v) is 9.49. The van der Waals surface area contributed by atoms with E-state index in [-0.39, 0.29) is 11.2 Å². The first-order valence-electron chi connectivity index (χ1n) is 9.49. The molecule has 1 N–H and O–H groups in total. The number of hydrogen-bond donors (Lipinski definition) is 1. The average molecular weight is 381 g/mol. The summed E-state index contributed by atoms with van der Waals surface area (Å²) >= 11 is 0. The maximum absolute atomic E-state index is 13.4. The van der Waals surface area contributed by atoms with E-state index < -0.39 is 0 Å². The predicted molar refractivity (Wildman–Crippen MR) is 105 cm³/mol. The number of rotatable bonds is 5. The molecule has 0 radical (unpaired) electrons. The fourth-order valence-corrected chi connectivity index (χ4v) is 3.80. The Hall–Kier alpha value is -2.80. The van der Waals surface area contributed by atoms with Gasteiger partial charge in [0.2, 0.25) is 0 Å². The maximum atomic E-state index is 13.4. The van der Waals surface area contributed by atoms with Gasteiger partial charge in [-0.2, -0.15) is 5.10 Å². The van der Waals surface area contributed by atoms with Gasteiger partial charge < -0.3 is 10.1 Å². The standard InChI is InChI=1S/C21H24FN5O/c1-15-11-16(2)27(26-15)20-13-23-12-19(25-20)24-14-21(7-9-28-10-8-21)17-3-5-18(22)6-4-17/h3-6,11-13H,7-10,14H2,1-2H3,(H,24,25). The van der Waals surface area contributed by atoms with Gasteiger partial charge >= 0.3 is 0 Å². The zero-order valence-corrected chi connectivity index (χ0v) is 16.2. The Bertz CT molecular complexity index is 948. The molecular weight excluding hydrogens is 357 g/mol. The molecule has 1 aromatic carbocycles. The molecule has 0 bridgehead atoms. The number of nitrogens with zero attached hydrogens (tertiary/aromatic N) is 4. The van der Waals surface area contributed by atoms with Crippen molar-refractivity contribution in [1.29, 1.82) is 0 Å². The molecule has 1 fully saturated rings. The van der Waals surface area contributed by atoms with Crippen molar-refractivity contribution in [3.63, 3.8) is 0 Å². The van der Waals surface area contributed by atoms with Gasteiger partial charge in [-0.3, -0.25) is 4.98 Å². The van der Waals surface area contributed by atoms with Crippen LogP contribution in [0.4, 0.5) is 10.2 Å². The van der Waals surface area contributed by atoms with Crippen LogP contribution in [0.1, 0.15) is 29.8 Å². The van der Waals surface area contributed by atoms with E-state index in [1.54, 1.807) is 17.1 Å². The molecule has 7 heteroatoms. The Kier molecular flexibility index (Phi) is 5.09. The Labute approximate surface area is 163 Å². The van der Waals surface area contributed by atoms with Crippen LogP contribution in [0, 0.1) is 19.7 Å². The van der Waals surface area contributed by atoms with Crippen molar-refractivity contribution >= 4 is 5.82 Å². The lowest BCUT2D eigenvalue weighted by atomic mass is 9.74. The summed E-state index contributed by atoms with van der Waals surface area (Å²) in [5.41, 5.74) is 2.95. The lowest BCUT2D eigenvalue weighted by Crippen LogP contribution is -2.40. The van der Waals surface area contributed by atoms with Crippen LogP contribution < -0.4 is 5.32 Å². The van der Waals surface area contributed by atoms with E-state index in [0.717, 1.165) is 29.8 Å². The predicted octanol–water partition coefficient (Wildman–Crippen LogP) is 3.58. The maximum Gasteiger partial charge on any atom is 0.174 e. The molecule has 0 aliphatic carbocycles. The largest absolute Gasteiger partial charge is 0.381 e. The molecule has 28 heavy (non-hydrogen) atoms. The minimum absolute atomic E-state index is 0.123. The highest BCUT2D eigenvalue weighted by atomic mass is 19.1. The summed E-state index contributed by atoms with van der Waals surface area (Å²) in [7, 11) is 0. The zero-order valence-electron chi connectivity index (χ0n) is 16.2. The summed E-state index contributed by atoms with van der Waals surface area (Å²) < 4.78 is 20.8. The molecule has 1 aliphatic heterocycles.